The molecule has 6 heteroatoms. The number of ether oxygens (including phenoxy) is 1. The molecule has 1 N–H and O–H groups in total. The maximum Gasteiger partial charge on any atom is 0.343 e. The number of esters is 1. The van der Waals surface area contributed by atoms with Gasteiger partial charge in [-0.05, 0) is 26.0 Å². The Morgan fingerprint density at radius 3 is 2.57 bits per heavy atom. The number of hydrogen-bond acceptors (Lipinski definition) is 4. The molecule has 2 rings (SSSR count). The smallest absolute Gasteiger partial charge is 0.343 e. The van der Waals surface area contributed by atoms with Crippen LogP contribution in [0.5, 0.6) is 0 Å². The molecule has 1 aromatic heterocycles. The fourth-order valence-corrected chi connectivity index (χ4v) is 1.83. The Bertz CT molecular complexity index is 659. The molecule has 0 aliphatic heterocycles. The van der Waals surface area contributed by atoms with Gasteiger partial charge in [0, 0.05) is 12.6 Å². The van der Waals surface area contributed by atoms with E-state index in [2.05, 4.69) is 10.4 Å². The van der Waals surface area contributed by atoms with Crippen LogP contribution >= 0.6 is 0 Å². The van der Waals surface area contributed by atoms with E-state index in [-0.39, 0.29) is 18.1 Å². The molecule has 0 atom stereocenters. The third-order valence-corrected chi connectivity index (χ3v) is 2.98. The molecule has 1 amide bonds. The quantitative estimate of drug-likeness (QED) is 0.874. The highest BCUT2D eigenvalue weighted by Crippen LogP contribution is 2.16. The first kappa shape index (κ1) is 14.8. The number of carbonyl (C=O) groups is 2. The van der Waals surface area contributed by atoms with E-state index in [1.54, 1.807) is 26.1 Å². The highest BCUT2D eigenvalue weighted by Gasteiger charge is 2.19. The summed E-state index contributed by atoms with van der Waals surface area (Å²) in [5, 5.41) is 6.68. The predicted molar refractivity (Wildman–Crippen MR) is 78.3 cm³/mol. The van der Waals surface area contributed by atoms with Gasteiger partial charge < -0.3 is 10.1 Å². The minimum Gasteiger partial charge on any atom is -0.462 e. The normalized spacial score (nSPS) is 10.2. The fourth-order valence-electron chi connectivity index (χ4n) is 1.83. The summed E-state index contributed by atoms with van der Waals surface area (Å²) < 4.78 is 6.37. The van der Waals surface area contributed by atoms with Crippen LogP contribution in [0.4, 0.5) is 5.82 Å². The minimum atomic E-state index is -0.509. The number of anilines is 1. The van der Waals surface area contributed by atoms with Crippen molar-refractivity contribution in [1.29, 1.82) is 0 Å². The summed E-state index contributed by atoms with van der Waals surface area (Å²) in [7, 11) is 1.65. The molecule has 0 bridgehead atoms. The third-order valence-electron chi connectivity index (χ3n) is 2.98. The maximum absolute atomic E-state index is 12.2. The number of nitrogens with one attached hydrogen (secondary N) is 1. The summed E-state index contributed by atoms with van der Waals surface area (Å²) in [5.41, 5.74) is 1.82. The first-order valence-electron chi connectivity index (χ1n) is 6.60. The SMILES string of the molecule is CCOC(=O)c1cnn(C)c1NC(=O)c1ccc(C)cc1. The van der Waals surface area contributed by atoms with Crippen molar-refractivity contribution in [2.45, 2.75) is 13.8 Å². The average molecular weight is 287 g/mol. The van der Waals surface area contributed by atoms with Crippen LogP contribution in [0.25, 0.3) is 0 Å². The lowest BCUT2D eigenvalue weighted by Gasteiger charge is -2.08. The first-order chi connectivity index (χ1) is 10.0. The number of rotatable bonds is 4. The Morgan fingerprint density at radius 2 is 1.95 bits per heavy atom. The van der Waals surface area contributed by atoms with Gasteiger partial charge in [-0.1, -0.05) is 17.7 Å². The van der Waals surface area contributed by atoms with Crippen LogP contribution in [0.15, 0.2) is 30.5 Å². The Kier molecular flexibility index (Phi) is 4.37. The second-order valence-corrected chi connectivity index (χ2v) is 4.57. The van der Waals surface area contributed by atoms with Crippen LogP contribution in [0.3, 0.4) is 0 Å². The van der Waals surface area contributed by atoms with Gasteiger partial charge in [0.2, 0.25) is 0 Å². The molecule has 1 heterocycles. The standard InChI is InChI=1S/C15H17N3O3/c1-4-21-15(20)12-9-16-18(3)13(12)17-14(19)11-7-5-10(2)6-8-11/h5-9H,4H2,1-3H3,(H,17,19). The largest absolute Gasteiger partial charge is 0.462 e. The van der Waals surface area contributed by atoms with Gasteiger partial charge in [0.25, 0.3) is 5.91 Å². The summed E-state index contributed by atoms with van der Waals surface area (Å²) in [6.07, 6.45) is 1.38. The van der Waals surface area contributed by atoms with Crippen LogP contribution < -0.4 is 5.32 Å². The van der Waals surface area contributed by atoms with E-state index in [0.29, 0.717) is 11.4 Å². The van der Waals surface area contributed by atoms with Crippen LogP contribution in [0, 0.1) is 6.92 Å². The molecule has 0 aliphatic carbocycles. The Labute approximate surface area is 122 Å². The first-order valence-corrected chi connectivity index (χ1v) is 6.60. The Morgan fingerprint density at radius 1 is 1.29 bits per heavy atom. The van der Waals surface area contributed by atoms with Crippen molar-refractivity contribution in [1.82, 2.24) is 9.78 Å². The van der Waals surface area contributed by atoms with E-state index >= 15 is 0 Å². The van der Waals surface area contributed by atoms with Crippen LogP contribution in [-0.4, -0.2) is 28.3 Å². The molecule has 0 radical (unpaired) electrons. The van der Waals surface area contributed by atoms with Gasteiger partial charge in [-0.25, -0.2) is 4.79 Å². The molecular weight excluding hydrogens is 270 g/mol. The van der Waals surface area contributed by atoms with Crippen molar-refractivity contribution in [3.8, 4) is 0 Å². The molecule has 6 nitrogen and oxygen atoms in total. The van der Waals surface area contributed by atoms with Gasteiger partial charge in [0.1, 0.15) is 11.4 Å². The van der Waals surface area contributed by atoms with Crippen molar-refractivity contribution in [2.75, 3.05) is 11.9 Å². The van der Waals surface area contributed by atoms with Gasteiger partial charge in [0.15, 0.2) is 0 Å². The summed E-state index contributed by atoms with van der Waals surface area (Å²) >= 11 is 0. The number of amides is 1. The summed E-state index contributed by atoms with van der Waals surface area (Å²) in [6.45, 7) is 3.93. The van der Waals surface area contributed by atoms with Crippen molar-refractivity contribution in [2.24, 2.45) is 7.05 Å². The van der Waals surface area contributed by atoms with Crippen LogP contribution in [0.1, 0.15) is 33.2 Å². The number of benzene rings is 1. The zero-order valence-corrected chi connectivity index (χ0v) is 12.2. The Hall–Kier alpha value is -2.63. The van der Waals surface area contributed by atoms with E-state index in [0.717, 1.165) is 5.56 Å². The highest BCUT2D eigenvalue weighted by atomic mass is 16.5. The summed E-state index contributed by atoms with van der Waals surface area (Å²) in [4.78, 5) is 24.0. The number of carbonyl (C=O) groups excluding carboxylic acids is 2. The fraction of sp³-hybridized carbons (Fsp3) is 0.267. The lowest BCUT2D eigenvalue weighted by Crippen LogP contribution is -2.17. The lowest BCUT2D eigenvalue weighted by atomic mass is 10.1. The van der Waals surface area contributed by atoms with Gasteiger partial charge in [-0.2, -0.15) is 5.10 Å². The zero-order valence-electron chi connectivity index (χ0n) is 12.2. The average Bonchev–Trinajstić information content (AvgIpc) is 2.81. The van der Waals surface area contributed by atoms with Crippen LogP contribution in [-0.2, 0) is 11.8 Å². The van der Waals surface area contributed by atoms with Gasteiger partial charge in [-0.3, -0.25) is 9.48 Å². The summed E-state index contributed by atoms with van der Waals surface area (Å²) in [6, 6.07) is 7.16. The Balaban J connectivity index is 2.23. The van der Waals surface area contributed by atoms with E-state index in [1.165, 1.54) is 10.9 Å². The molecule has 0 fully saturated rings. The molecular formula is C15H17N3O3. The predicted octanol–water partition coefficient (Wildman–Crippen LogP) is 2.16. The van der Waals surface area contributed by atoms with Gasteiger partial charge in [0.05, 0.1) is 12.8 Å². The number of aromatic nitrogens is 2. The minimum absolute atomic E-state index is 0.236. The van der Waals surface area contributed by atoms with Crippen molar-refractivity contribution >= 4 is 17.7 Å². The van der Waals surface area contributed by atoms with Crippen molar-refractivity contribution in [3.05, 3.63) is 47.2 Å². The number of aryl methyl sites for hydroxylation is 2. The molecule has 2 aromatic rings. The lowest BCUT2D eigenvalue weighted by molar-refractivity contribution is 0.0527. The number of hydrogen-bond donors (Lipinski definition) is 1. The van der Waals surface area contributed by atoms with Crippen LogP contribution in [0.2, 0.25) is 0 Å². The van der Waals surface area contributed by atoms with E-state index < -0.39 is 5.97 Å². The van der Waals surface area contributed by atoms with E-state index in [4.69, 9.17) is 4.74 Å². The van der Waals surface area contributed by atoms with Gasteiger partial charge >= 0.3 is 5.97 Å². The summed E-state index contributed by atoms with van der Waals surface area (Å²) in [5.74, 6) is -0.493. The molecule has 110 valence electrons. The van der Waals surface area contributed by atoms with Crippen molar-refractivity contribution in [3.63, 3.8) is 0 Å². The third kappa shape index (κ3) is 3.28. The second kappa shape index (κ2) is 6.21. The molecule has 1 aromatic carbocycles. The molecule has 0 aliphatic rings. The topological polar surface area (TPSA) is 73.2 Å². The molecule has 0 saturated heterocycles. The van der Waals surface area contributed by atoms with E-state index in [9.17, 15) is 9.59 Å². The maximum atomic E-state index is 12.2. The molecule has 0 unspecified atom stereocenters. The molecule has 21 heavy (non-hydrogen) atoms. The number of nitrogens with zero attached hydrogens (tertiary/aromatic N) is 2. The monoisotopic (exact) mass is 287 g/mol. The zero-order chi connectivity index (χ0) is 15.4. The van der Waals surface area contributed by atoms with E-state index in [1.807, 2.05) is 19.1 Å². The van der Waals surface area contributed by atoms with Crippen molar-refractivity contribution < 1.29 is 14.3 Å². The molecule has 0 spiro atoms. The second-order valence-electron chi connectivity index (χ2n) is 4.57. The molecule has 0 saturated carbocycles. The highest BCUT2D eigenvalue weighted by molar-refractivity contribution is 6.07. The van der Waals surface area contributed by atoms with Gasteiger partial charge in [-0.15, -0.1) is 0 Å².